The van der Waals surface area contributed by atoms with Crippen LogP contribution in [0.2, 0.25) is 0 Å². The lowest BCUT2D eigenvalue weighted by Crippen LogP contribution is -2.29. The molecule has 0 aromatic heterocycles. The Labute approximate surface area is 110 Å². The molecule has 0 aliphatic heterocycles. The van der Waals surface area contributed by atoms with Gasteiger partial charge in [-0.3, -0.25) is 4.79 Å². The third kappa shape index (κ3) is 4.55. The van der Waals surface area contributed by atoms with E-state index in [2.05, 4.69) is 10.6 Å². The standard InChI is InChI=1S/C13H17F3N2O/c1-3-8(2)17-7-6-11(19)18-10-5-4-9(14)12(15)13(10)16/h4-5,8,17H,3,6-7H2,1-2H3,(H,18,19). The van der Waals surface area contributed by atoms with Crippen molar-refractivity contribution in [1.82, 2.24) is 5.32 Å². The Morgan fingerprint density at radius 3 is 2.58 bits per heavy atom. The lowest BCUT2D eigenvalue weighted by atomic mass is 10.2. The molecule has 3 nitrogen and oxygen atoms in total. The van der Waals surface area contributed by atoms with Crippen molar-refractivity contribution in [3.8, 4) is 0 Å². The fourth-order valence-electron chi connectivity index (χ4n) is 1.41. The molecule has 1 rings (SSSR count). The molecule has 1 amide bonds. The number of carbonyl (C=O) groups excluding carboxylic acids is 1. The van der Waals surface area contributed by atoms with E-state index in [-0.39, 0.29) is 18.2 Å². The van der Waals surface area contributed by atoms with Crippen LogP contribution in [0.1, 0.15) is 26.7 Å². The first kappa shape index (κ1) is 15.5. The van der Waals surface area contributed by atoms with Crippen LogP contribution in [0.25, 0.3) is 0 Å². The topological polar surface area (TPSA) is 41.1 Å². The maximum Gasteiger partial charge on any atom is 0.225 e. The lowest BCUT2D eigenvalue weighted by Gasteiger charge is -2.11. The van der Waals surface area contributed by atoms with Crippen LogP contribution in [0, 0.1) is 17.5 Å². The van der Waals surface area contributed by atoms with E-state index >= 15 is 0 Å². The summed E-state index contributed by atoms with van der Waals surface area (Å²) in [5.74, 6) is -4.71. The van der Waals surface area contributed by atoms with Crippen molar-refractivity contribution in [2.45, 2.75) is 32.7 Å². The summed E-state index contributed by atoms with van der Waals surface area (Å²) in [7, 11) is 0. The number of carbonyl (C=O) groups is 1. The monoisotopic (exact) mass is 274 g/mol. The Hall–Kier alpha value is -1.56. The second-order valence-corrected chi connectivity index (χ2v) is 4.28. The normalized spacial score (nSPS) is 12.3. The minimum Gasteiger partial charge on any atom is -0.323 e. The molecule has 1 atom stereocenters. The van der Waals surface area contributed by atoms with Crippen molar-refractivity contribution in [2.24, 2.45) is 0 Å². The highest BCUT2D eigenvalue weighted by molar-refractivity contribution is 5.90. The average molecular weight is 274 g/mol. The van der Waals surface area contributed by atoms with Crippen LogP contribution in [0.15, 0.2) is 12.1 Å². The fourth-order valence-corrected chi connectivity index (χ4v) is 1.41. The highest BCUT2D eigenvalue weighted by Crippen LogP contribution is 2.19. The summed E-state index contributed by atoms with van der Waals surface area (Å²) in [6.07, 6.45) is 1.06. The lowest BCUT2D eigenvalue weighted by molar-refractivity contribution is -0.116. The third-order valence-electron chi connectivity index (χ3n) is 2.77. The summed E-state index contributed by atoms with van der Waals surface area (Å²) in [5, 5.41) is 5.30. The van der Waals surface area contributed by atoms with Crippen molar-refractivity contribution in [3.05, 3.63) is 29.6 Å². The number of anilines is 1. The molecule has 6 heteroatoms. The zero-order chi connectivity index (χ0) is 14.4. The van der Waals surface area contributed by atoms with Gasteiger partial charge in [-0.25, -0.2) is 13.2 Å². The first-order valence-corrected chi connectivity index (χ1v) is 6.12. The van der Waals surface area contributed by atoms with Crippen molar-refractivity contribution >= 4 is 11.6 Å². The summed E-state index contributed by atoms with van der Waals surface area (Å²) in [5.41, 5.74) is -0.354. The molecular weight excluding hydrogens is 257 g/mol. The first-order chi connectivity index (χ1) is 8.95. The van der Waals surface area contributed by atoms with E-state index in [4.69, 9.17) is 0 Å². The van der Waals surface area contributed by atoms with Gasteiger partial charge in [0, 0.05) is 19.0 Å². The second kappa shape index (κ2) is 7.13. The summed E-state index contributed by atoms with van der Waals surface area (Å²) < 4.78 is 38.9. The molecule has 0 spiro atoms. The van der Waals surface area contributed by atoms with Crippen LogP contribution in [-0.2, 0) is 4.79 Å². The molecule has 0 fully saturated rings. The predicted molar refractivity (Wildman–Crippen MR) is 67.3 cm³/mol. The molecule has 106 valence electrons. The molecule has 2 N–H and O–H groups in total. The Bertz CT molecular complexity index is 452. The Kier molecular flexibility index (Phi) is 5.82. The molecule has 19 heavy (non-hydrogen) atoms. The van der Waals surface area contributed by atoms with Crippen molar-refractivity contribution < 1.29 is 18.0 Å². The smallest absolute Gasteiger partial charge is 0.225 e. The zero-order valence-electron chi connectivity index (χ0n) is 10.9. The van der Waals surface area contributed by atoms with Gasteiger partial charge in [0.15, 0.2) is 17.5 Å². The van der Waals surface area contributed by atoms with Crippen LogP contribution in [0.4, 0.5) is 18.9 Å². The zero-order valence-corrected chi connectivity index (χ0v) is 10.9. The minimum atomic E-state index is -1.59. The Morgan fingerprint density at radius 2 is 1.95 bits per heavy atom. The molecule has 1 unspecified atom stereocenters. The molecule has 0 radical (unpaired) electrons. The van der Waals surface area contributed by atoms with E-state index in [9.17, 15) is 18.0 Å². The molecule has 1 aromatic rings. The SMILES string of the molecule is CCC(C)NCCC(=O)Nc1ccc(F)c(F)c1F. The van der Waals surface area contributed by atoms with E-state index in [1.165, 1.54) is 0 Å². The van der Waals surface area contributed by atoms with E-state index in [0.29, 0.717) is 6.54 Å². The molecule has 0 aliphatic rings. The van der Waals surface area contributed by atoms with E-state index in [1.807, 2.05) is 13.8 Å². The minimum absolute atomic E-state index is 0.128. The van der Waals surface area contributed by atoms with Gasteiger partial charge in [0.05, 0.1) is 5.69 Å². The quantitative estimate of drug-likeness (QED) is 0.783. The highest BCUT2D eigenvalue weighted by atomic mass is 19.2. The van der Waals surface area contributed by atoms with Crippen molar-refractivity contribution in [2.75, 3.05) is 11.9 Å². The summed E-state index contributed by atoms with van der Waals surface area (Å²) in [6.45, 7) is 4.42. The van der Waals surface area contributed by atoms with Crippen LogP contribution < -0.4 is 10.6 Å². The van der Waals surface area contributed by atoms with E-state index < -0.39 is 23.4 Å². The van der Waals surface area contributed by atoms with Gasteiger partial charge in [0.1, 0.15) is 0 Å². The molecular formula is C13H17F3N2O. The van der Waals surface area contributed by atoms with Gasteiger partial charge in [-0.1, -0.05) is 6.92 Å². The summed E-state index contributed by atoms with van der Waals surface area (Å²) in [6, 6.07) is 2.05. The number of nitrogens with one attached hydrogen (secondary N) is 2. The van der Waals surface area contributed by atoms with Crippen LogP contribution in [0.3, 0.4) is 0 Å². The van der Waals surface area contributed by atoms with Crippen LogP contribution in [-0.4, -0.2) is 18.5 Å². The average Bonchev–Trinajstić information content (AvgIpc) is 2.39. The highest BCUT2D eigenvalue weighted by Gasteiger charge is 2.15. The van der Waals surface area contributed by atoms with Gasteiger partial charge < -0.3 is 10.6 Å². The van der Waals surface area contributed by atoms with Crippen molar-refractivity contribution in [1.29, 1.82) is 0 Å². The number of benzene rings is 1. The van der Waals surface area contributed by atoms with Gasteiger partial charge in [-0.15, -0.1) is 0 Å². The van der Waals surface area contributed by atoms with Gasteiger partial charge in [0.25, 0.3) is 0 Å². The number of hydrogen-bond donors (Lipinski definition) is 2. The first-order valence-electron chi connectivity index (χ1n) is 6.12. The van der Waals surface area contributed by atoms with Gasteiger partial charge in [-0.2, -0.15) is 0 Å². The molecule has 0 bridgehead atoms. The van der Waals surface area contributed by atoms with Crippen LogP contribution in [0.5, 0.6) is 0 Å². The number of rotatable bonds is 6. The van der Waals surface area contributed by atoms with E-state index in [0.717, 1.165) is 18.6 Å². The van der Waals surface area contributed by atoms with Crippen molar-refractivity contribution in [3.63, 3.8) is 0 Å². The number of amides is 1. The largest absolute Gasteiger partial charge is 0.323 e. The molecule has 0 saturated heterocycles. The maximum absolute atomic E-state index is 13.3. The van der Waals surface area contributed by atoms with Crippen LogP contribution >= 0.6 is 0 Å². The second-order valence-electron chi connectivity index (χ2n) is 4.28. The Morgan fingerprint density at radius 1 is 1.26 bits per heavy atom. The maximum atomic E-state index is 13.3. The molecule has 0 heterocycles. The Balaban J connectivity index is 2.51. The third-order valence-corrected chi connectivity index (χ3v) is 2.77. The molecule has 1 aromatic carbocycles. The molecule has 0 saturated carbocycles. The van der Waals surface area contributed by atoms with E-state index in [1.54, 1.807) is 0 Å². The predicted octanol–water partition coefficient (Wildman–Crippen LogP) is 2.82. The number of halogens is 3. The molecule has 0 aliphatic carbocycles. The number of hydrogen-bond acceptors (Lipinski definition) is 2. The fraction of sp³-hybridized carbons (Fsp3) is 0.462. The van der Waals surface area contributed by atoms with Gasteiger partial charge >= 0.3 is 0 Å². The van der Waals surface area contributed by atoms with Gasteiger partial charge in [0.2, 0.25) is 5.91 Å². The van der Waals surface area contributed by atoms with Gasteiger partial charge in [-0.05, 0) is 25.5 Å². The summed E-state index contributed by atoms with van der Waals surface area (Å²) in [4.78, 5) is 11.5. The summed E-state index contributed by atoms with van der Waals surface area (Å²) >= 11 is 0.